The molecule has 4 rings (SSSR count). The monoisotopic (exact) mass is 338 g/mol. The predicted octanol–water partition coefficient (Wildman–Crippen LogP) is 1.52. The molecule has 7 nitrogen and oxygen atoms in total. The summed E-state index contributed by atoms with van der Waals surface area (Å²) in [6, 6.07) is 6.22. The Bertz CT molecular complexity index is 898. The van der Waals surface area contributed by atoms with Crippen molar-refractivity contribution in [2.75, 3.05) is 7.05 Å². The molecule has 1 N–H and O–H groups in total. The molecule has 0 aromatic carbocycles. The van der Waals surface area contributed by atoms with Crippen molar-refractivity contribution in [2.24, 2.45) is 7.05 Å². The molecule has 1 aliphatic rings. The quantitative estimate of drug-likeness (QED) is 0.783. The van der Waals surface area contributed by atoms with Crippen LogP contribution < -0.4 is 5.32 Å². The normalized spacial score (nSPS) is 21.2. The average molecular weight is 338 g/mol. The van der Waals surface area contributed by atoms with Crippen LogP contribution in [0.25, 0.3) is 5.52 Å². The fraction of sp³-hybridized carbons (Fsp3) is 0.389. The fourth-order valence-electron chi connectivity index (χ4n) is 3.67. The number of nitrogens with zero attached hydrogens (tertiary/aromatic N) is 5. The lowest BCUT2D eigenvalue weighted by molar-refractivity contribution is -0.136. The molecule has 4 heterocycles. The summed E-state index contributed by atoms with van der Waals surface area (Å²) in [6.45, 7) is 0.717. The van der Waals surface area contributed by atoms with Crippen molar-refractivity contribution in [3.8, 4) is 0 Å². The molecule has 0 spiro atoms. The molecule has 1 fully saturated rings. The number of fused-ring (bicyclic) bond motifs is 1. The standard InChI is InChI=1S/C18H22N6O/c1-22-12-19-11-16(22)18-14(6-7-17(25)23(18)2)20-9-13-10-21-24-8-4-3-5-15(13)24/h3-5,8,10-12,14,18,20H,6-7,9H2,1-2H3/t14-,18-/m1/s1. The maximum Gasteiger partial charge on any atom is 0.222 e. The Hall–Kier alpha value is -2.67. The summed E-state index contributed by atoms with van der Waals surface area (Å²) in [5.41, 5.74) is 3.31. The number of rotatable bonds is 4. The highest BCUT2D eigenvalue weighted by Gasteiger charge is 2.36. The molecule has 1 aliphatic heterocycles. The van der Waals surface area contributed by atoms with Crippen molar-refractivity contribution in [1.82, 2.24) is 29.4 Å². The maximum atomic E-state index is 12.2. The second-order valence-corrected chi connectivity index (χ2v) is 6.61. The van der Waals surface area contributed by atoms with Crippen molar-refractivity contribution < 1.29 is 4.79 Å². The molecule has 1 saturated heterocycles. The molecule has 3 aromatic rings. The van der Waals surface area contributed by atoms with E-state index < -0.39 is 0 Å². The molecule has 0 radical (unpaired) electrons. The largest absolute Gasteiger partial charge is 0.336 e. The van der Waals surface area contributed by atoms with E-state index >= 15 is 0 Å². The second kappa shape index (κ2) is 6.33. The van der Waals surface area contributed by atoms with Gasteiger partial charge in [0.2, 0.25) is 5.91 Å². The lowest BCUT2D eigenvalue weighted by Crippen LogP contribution is -2.49. The molecule has 2 atom stereocenters. The first-order chi connectivity index (χ1) is 12.1. The molecular weight excluding hydrogens is 316 g/mol. The van der Waals surface area contributed by atoms with Crippen molar-refractivity contribution in [3.05, 3.63) is 54.4 Å². The van der Waals surface area contributed by atoms with Gasteiger partial charge in [-0.05, 0) is 18.6 Å². The number of carbonyl (C=O) groups excluding carboxylic acids is 1. The minimum absolute atomic E-state index is 0.0180. The lowest BCUT2D eigenvalue weighted by Gasteiger charge is -2.39. The third kappa shape index (κ3) is 2.80. The van der Waals surface area contributed by atoms with E-state index in [1.54, 1.807) is 6.33 Å². The van der Waals surface area contributed by atoms with E-state index in [4.69, 9.17) is 0 Å². The van der Waals surface area contributed by atoms with Crippen LogP contribution in [-0.4, -0.2) is 43.1 Å². The molecule has 0 unspecified atom stereocenters. The first-order valence-corrected chi connectivity index (χ1v) is 8.51. The van der Waals surface area contributed by atoms with Crippen LogP contribution >= 0.6 is 0 Å². The first-order valence-electron chi connectivity index (χ1n) is 8.51. The van der Waals surface area contributed by atoms with Gasteiger partial charge in [0.15, 0.2) is 0 Å². The topological polar surface area (TPSA) is 67.5 Å². The van der Waals surface area contributed by atoms with Crippen LogP contribution in [0, 0.1) is 0 Å². The zero-order valence-electron chi connectivity index (χ0n) is 14.5. The molecular formula is C18H22N6O. The number of likely N-dealkylation sites (N-methyl/N-ethyl adjacent to an activating group) is 1. The Labute approximate surface area is 146 Å². The third-order valence-corrected chi connectivity index (χ3v) is 5.08. The molecule has 1 amide bonds. The number of hydrogen-bond donors (Lipinski definition) is 1. The van der Waals surface area contributed by atoms with Crippen LogP contribution in [0.5, 0.6) is 0 Å². The van der Waals surface area contributed by atoms with Gasteiger partial charge in [-0.1, -0.05) is 6.07 Å². The van der Waals surface area contributed by atoms with Gasteiger partial charge in [0.05, 0.1) is 36.0 Å². The Morgan fingerprint density at radius 3 is 2.96 bits per heavy atom. The van der Waals surface area contributed by atoms with E-state index in [1.807, 2.05) is 58.8 Å². The van der Waals surface area contributed by atoms with Crippen molar-refractivity contribution in [3.63, 3.8) is 0 Å². The van der Waals surface area contributed by atoms with Crippen LogP contribution in [-0.2, 0) is 18.4 Å². The summed E-state index contributed by atoms with van der Waals surface area (Å²) in [4.78, 5) is 18.3. The molecule has 0 aliphatic carbocycles. The van der Waals surface area contributed by atoms with Gasteiger partial charge in [-0.15, -0.1) is 0 Å². The highest BCUT2D eigenvalue weighted by Crippen LogP contribution is 2.30. The number of hydrogen-bond acceptors (Lipinski definition) is 4. The molecule has 3 aromatic heterocycles. The van der Waals surface area contributed by atoms with E-state index in [9.17, 15) is 4.79 Å². The van der Waals surface area contributed by atoms with Crippen molar-refractivity contribution >= 4 is 11.4 Å². The highest BCUT2D eigenvalue weighted by molar-refractivity contribution is 5.77. The summed E-state index contributed by atoms with van der Waals surface area (Å²) in [6.07, 6.45) is 8.87. The smallest absolute Gasteiger partial charge is 0.222 e. The van der Waals surface area contributed by atoms with E-state index in [0.717, 1.165) is 23.2 Å². The SMILES string of the molecule is CN1C(=O)CC[C@@H](NCc2cnn3ccccc23)[C@@H]1c1cncn1C. The van der Waals surface area contributed by atoms with Crippen LogP contribution in [0.1, 0.15) is 30.1 Å². The van der Waals surface area contributed by atoms with Gasteiger partial charge in [-0.25, -0.2) is 9.50 Å². The van der Waals surface area contributed by atoms with E-state index in [0.29, 0.717) is 13.0 Å². The summed E-state index contributed by atoms with van der Waals surface area (Å²) >= 11 is 0. The average Bonchev–Trinajstić information content (AvgIpc) is 3.22. The number of amides is 1. The molecule has 0 saturated carbocycles. The minimum atomic E-state index is -0.0180. The number of aryl methyl sites for hydroxylation is 1. The Balaban J connectivity index is 1.57. The molecule has 130 valence electrons. The first kappa shape index (κ1) is 15.8. The lowest BCUT2D eigenvalue weighted by atomic mass is 9.93. The van der Waals surface area contributed by atoms with Crippen LogP contribution in [0.2, 0.25) is 0 Å². The van der Waals surface area contributed by atoms with Crippen LogP contribution in [0.3, 0.4) is 0 Å². The van der Waals surface area contributed by atoms with Crippen LogP contribution in [0.4, 0.5) is 0 Å². The van der Waals surface area contributed by atoms with Gasteiger partial charge >= 0.3 is 0 Å². The van der Waals surface area contributed by atoms with Crippen molar-refractivity contribution in [1.29, 1.82) is 0 Å². The number of aromatic nitrogens is 4. The summed E-state index contributed by atoms with van der Waals surface area (Å²) in [5, 5.41) is 8.03. The van der Waals surface area contributed by atoms with Gasteiger partial charge < -0.3 is 14.8 Å². The fourth-order valence-corrected chi connectivity index (χ4v) is 3.67. The number of likely N-dealkylation sites (tertiary alicyclic amines) is 1. The van der Waals surface area contributed by atoms with E-state index in [1.165, 1.54) is 0 Å². The van der Waals surface area contributed by atoms with E-state index in [2.05, 4.69) is 21.5 Å². The third-order valence-electron chi connectivity index (χ3n) is 5.08. The number of pyridine rings is 1. The number of nitrogens with one attached hydrogen (secondary N) is 1. The van der Waals surface area contributed by atoms with Gasteiger partial charge in [0.1, 0.15) is 0 Å². The summed E-state index contributed by atoms with van der Waals surface area (Å²) < 4.78 is 3.87. The molecule has 0 bridgehead atoms. The summed E-state index contributed by atoms with van der Waals surface area (Å²) in [7, 11) is 3.85. The van der Waals surface area contributed by atoms with Gasteiger partial charge in [0, 0.05) is 44.9 Å². The Morgan fingerprint density at radius 1 is 1.28 bits per heavy atom. The minimum Gasteiger partial charge on any atom is -0.336 e. The predicted molar refractivity (Wildman–Crippen MR) is 93.8 cm³/mol. The number of imidazole rings is 1. The second-order valence-electron chi connectivity index (χ2n) is 6.61. The van der Waals surface area contributed by atoms with Gasteiger partial charge in [-0.2, -0.15) is 5.10 Å². The zero-order chi connectivity index (χ0) is 17.4. The Morgan fingerprint density at radius 2 is 2.16 bits per heavy atom. The summed E-state index contributed by atoms with van der Waals surface area (Å²) in [5.74, 6) is 0.181. The zero-order valence-corrected chi connectivity index (χ0v) is 14.5. The Kier molecular flexibility index (Phi) is 4.01. The van der Waals surface area contributed by atoms with Gasteiger partial charge in [-0.3, -0.25) is 4.79 Å². The number of carbonyl (C=O) groups is 1. The van der Waals surface area contributed by atoms with Gasteiger partial charge in [0.25, 0.3) is 0 Å². The maximum absolute atomic E-state index is 12.2. The number of piperidine rings is 1. The van der Waals surface area contributed by atoms with E-state index in [-0.39, 0.29) is 18.0 Å². The van der Waals surface area contributed by atoms with Crippen LogP contribution in [0.15, 0.2) is 43.1 Å². The molecule has 7 heteroatoms. The van der Waals surface area contributed by atoms with Crippen molar-refractivity contribution in [2.45, 2.75) is 31.5 Å². The molecule has 25 heavy (non-hydrogen) atoms. The highest BCUT2D eigenvalue weighted by atomic mass is 16.2.